The summed E-state index contributed by atoms with van der Waals surface area (Å²) in [5, 5.41) is 4.72. The summed E-state index contributed by atoms with van der Waals surface area (Å²) in [5.41, 5.74) is 3.52. The average molecular weight is 389 g/mol. The highest BCUT2D eigenvalue weighted by atomic mass is 16.2. The Labute approximate surface area is 169 Å². The quantitative estimate of drug-likeness (QED) is 0.700. The van der Waals surface area contributed by atoms with E-state index >= 15 is 0 Å². The number of likely N-dealkylation sites (N-methyl/N-ethyl adjacent to an activating group) is 1. The second-order valence-corrected chi connectivity index (χ2v) is 8.93. The van der Waals surface area contributed by atoms with Crippen LogP contribution in [0.25, 0.3) is 22.4 Å². The molecule has 0 bridgehead atoms. The number of allylic oxidation sites excluding steroid dienone is 3. The van der Waals surface area contributed by atoms with Gasteiger partial charge in [0.05, 0.1) is 16.6 Å². The highest BCUT2D eigenvalue weighted by molar-refractivity contribution is 6.01. The number of nitrogens with one attached hydrogen (secondary N) is 1. The summed E-state index contributed by atoms with van der Waals surface area (Å²) < 4.78 is 3.15. The molecular formula is C24H27N3O2. The summed E-state index contributed by atoms with van der Waals surface area (Å²) in [6.45, 7) is 7.57. The number of nitrogens with zero attached hydrogens (tertiary/aromatic N) is 2. The molecule has 2 aromatic heterocycles. The first-order valence-corrected chi connectivity index (χ1v) is 10.4. The second kappa shape index (κ2) is 6.17. The number of hydrogen-bond acceptors (Lipinski definition) is 3. The van der Waals surface area contributed by atoms with E-state index in [0.29, 0.717) is 24.4 Å². The Balaban J connectivity index is 1.95. The molecule has 0 aliphatic heterocycles. The molecule has 3 atom stereocenters. The third-order valence-corrected chi connectivity index (χ3v) is 7.23. The maximum atomic E-state index is 13.4. The van der Waals surface area contributed by atoms with E-state index in [0.717, 1.165) is 28.6 Å². The van der Waals surface area contributed by atoms with Crippen LogP contribution < -0.4 is 16.6 Å². The van der Waals surface area contributed by atoms with Gasteiger partial charge in [-0.05, 0) is 61.1 Å². The molecule has 0 spiro atoms. The minimum Gasteiger partial charge on any atom is -0.318 e. The smallest absolute Gasteiger partial charge is 0.318 e. The van der Waals surface area contributed by atoms with Gasteiger partial charge in [0.15, 0.2) is 0 Å². The zero-order valence-electron chi connectivity index (χ0n) is 17.5. The Morgan fingerprint density at radius 1 is 1.24 bits per heavy atom. The van der Waals surface area contributed by atoms with Crippen LogP contribution in [0.3, 0.4) is 0 Å². The van der Waals surface area contributed by atoms with E-state index in [1.165, 1.54) is 10.1 Å². The molecule has 2 aliphatic carbocycles. The molecule has 5 heteroatoms. The standard InChI is InChI=1S/C24H27N3O2/c1-14-12-16-20-18-7-5-6-15(2)24(18,3)9-8-19(20)27-21(16)17(13-14)22(28)26(23(27)29)11-10-25-4/h5,7-9,12-13,15,18,25H,6,10-11H2,1-4H3. The molecular weight excluding hydrogens is 362 g/mol. The first-order chi connectivity index (χ1) is 13.9. The van der Waals surface area contributed by atoms with E-state index < -0.39 is 0 Å². The lowest BCUT2D eigenvalue weighted by Gasteiger charge is -2.43. The molecule has 150 valence electrons. The molecule has 1 aromatic carbocycles. The molecule has 5 nitrogen and oxygen atoms in total. The van der Waals surface area contributed by atoms with Gasteiger partial charge in [-0.25, -0.2) is 4.79 Å². The first-order valence-electron chi connectivity index (χ1n) is 10.4. The molecule has 0 saturated carbocycles. The second-order valence-electron chi connectivity index (χ2n) is 8.93. The van der Waals surface area contributed by atoms with Gasteiger partial charge in [-0.15, -0.1) is 0 Å². The number of hydrogen-bond donors (Lipinski definition) is 1. The van der Waals surface area contributed by atoms with Crippen molar-refractivity contribution < 1.29 is 0 Å². The summed E-state index contributed by atoms with van der Waals surface area (Å²) in [7, 11) is 1.83. The Hall–Kier alpha value is -2.66. The highest BCUT2D eigenvalue weighted by Crippen LogP contribution is 2.54. The average Bonchev–Trinajstić information content (AvgIpc) is 3.02. The van der Waals surface area contributed by atoms with Crippen LogP contribution in [0.1, 0.15) is 43.0 Å². The van der Waals surface area contributed by atoms with Crippen molar-refractivity contribution in [1.29, 1.82) is 0 Å². The normalized spacial score (nSPS) is 25.7. The molecule has 2 aliphatic rings. The van der Waals surface area contributed by atoms with Crippen molar-refractivity contribution in [3.8, 4) is 0 Å². The molecule has 2 heterocycles. The number of aryl methyl sites for hydroxylation is 1. The van der Waals surface area contributed by atoms with Crippen LogP contribution in [0.2, 0.25) is 0 Å². The van der Waals surface area contributed by atoms with Crippen LogP contribution in [0.5, 0.6) is 0 Å². The summed E-state index contributed by atoms with van der Waals surface area (Å²) >= 11 is 0. The predicted octanol–water partition coefficient (Wildman–Crippen LogP) is 3.29. The van der Waals surface area contributed by atoms with Gasteiger partial charge in [0.25, 0.3) is 5.56 Å². The summed E-state index contributed by atoms with van der Waals surface area (Å²) in [5.74, 6) is 0.718. The Kier molecular flexibility index (Phi) is 3.91. The van der Waals surface area contributed by atoms with E-state index in [1.807, 2.05) is 20.0 Å². The maximum Gasteiger partial charge on any atom is 0.336 e. The summed E-state index contributed by atoms with van der Waals surface area (Å²) in [6.07, 6.45) is 10.0. The molecule has 0 radical (unpaired) electrons. The van der Waals surface area contributed by atoms with Crippen molar-refractivity contribution >= 4 is 22.4 Å². The van der Waals surface area contributed by atoms with Gasteiger partial charge in [-0.1, -0.05) is 32.1 Å². The van der Waals surface area contributed by atoms with Crippen LogP contribution in [0, 0.1) is 18.3 Å². The molecule has 0 fully saturated rings. The first kappa shape index (κ1) is 18.4. The number of fused-ring (bicyclic) bond motifs is 5. The van der Waals surface area contributed by atoms with Crippen LogP contribution in [-0.4, -0.2) is 22.6 Å². The van der Waals surface area contributed by atoms with Crippen molar-refractivity contribution in [2.45, 2.75) is 39.7 Å². The van der Waals surface area contributed by atoms with Crippen LogP contribution in [-0.2, 0) is 6.54 Å². The molecule has 29 heavy (non-hydrogen) atoms. The third kappa shape index (κ3) is 2.31. The van der Waals surface area contributed by atoms with Crippen LogP contribution >= 0.6 is 0 Å². The lowest BCUT2D eigenvalue weighted by atomic mass is 9.60. The minimum absolute atomic E-state index is 0.0116. The van der Waals surface area contributed by atoms with Crippen molar-refractivity contribution in [3.05, 3.63) is 68.0 Å². The van der Waals surface area contributed by atoms with Crippen LogP contribution in [0.15, 0.2) is 39.9 Å². The number of aromatic nitrogens is 2. The predicted molar refractivity (Wildman–Crippen MR) is 118 cm³/mol. The topological polar surface area (TPSA) is 55.5 Å². The van der Waals surface area contributed by atoms with E-state index in [-0.39, 0.29) is 22.6 Å². The Morgan fingerprint density at radius 3 is 2.76 bits per heavy atom. The van der Waals surface area contributed by atoms with Gasteiger partial charge < -0.3 is 5.32 Å². The summed E-state index contributed by atoms with van der Waals surface area (Å²) in [4.78, 5) is 26.6. The molecule has 1 N–H and O–H groups in total. The van der Waals surface area contributed by atoms with Gasteiger partial charge >= 0.3 is 5.69 Å². The van der Waals surface area contributed by atoms with E-state index in [4.69, 9.17) is 0 Å². The largest absolute Gasteiger partial charge is 0.336 e. The van der Waals surface area contributed by atoms with Crippen molar-refractivity contribution in [1.82, 2.24) is 14.3 Å². The fourth-order valence-electron chi connectivity index (χ4n) is 5.35. The molecule has 5 rings (SSSR count). The number of rotatable bonds is 3. The van der Waals surface area contributed by atoms with Crippen molar-refractivity contribution in [2.75, 3.05) is 13.6 Å². The van der Waals surface area contributed by atoms with Gasteiger partial charge in [0.2, 0.25) is 0 Å². The van der Waals surface area contributed by atoms with Gasteiger partial charge in [-0.3, -0.25) is 13.8 Å². The molecule has 3 unspecified atom stereocenters. The van der Waals surface area contributed by atoms with Crippen molar-refractivity contribution in [2.24, 2.45) is 11.3 Å². The zero-order chi connectivity index (χ0) is 20.5. The third-order valence-electron chi connectivity index (χ3n) is 7.23. The van der Waals surface area contributed by atoms with Crippen molar-refractivity contribution in [3.63, 3.8) is 0 Å². The lowest BCUT2D eigenvalue weighted by Crippen LogP contribution is -2.40. The highest BCUT2D eigenvalue weighted by Gasteiger charge is 2.43. The summed E-state index contributed by atoms with van der Waals surface area (Å²) in [6, 6.07) is 4.07. The van der Waals surface area contributed by atoms with Gasteiger partial charge in [0.1, 0.15) is 0 Å². The van der Waals surface area contributed by atoms with E-state index in [9.17, 15) is 9.59 Å². The lowest BCUT2D eigenvalue weighted by molar-refractivity contribution is 0.235. The van der Waals surface area contributed by atoms with Crippen LogP contribution in [0.4, 0.5) is 0 Å². The minimum atomic E-state index is -0.242. The SMILES string of the molecule is CNCCn1c(=O)c2cc(C)cc3c4c(n(c1=O)c32)C=CC1(C)C(C)CC=CC41. The molecule has 0 saturated heterocycles. The van der Waals surface area contributed by atoms with E-state index in [1.54, 1.807) is 4.40 Å². The van der Waals surface area contributed by atoms with Gasteiger partial charge in [-0.2, -0.15) is 0 Å². The Morgan fingerprint density at radius 2 is 2.00 bits per heavy atom. The maximum absolute atomic E-state index is 13.4. The molecule has 3 aromatic rings. The zero-order valence-corrected chi connectivity index (χ0v) is 17.5. The molecule has 0 amide bonds. The van der Waals surface area contributed by atoms with Gasteiger partial charge in [0, 0.05) is 24.4 Å². The fourth-order valence-corrected chi connectivity index (χ4v) is 5.35. The number of benzene rings is 1. The Bertz CT molecular complexity index is 1310. The fraction of sp³-hybridized carbons (Fsp3) is 0.417. The van der Waals surface area contributed by atoms with E-state index in [2.05, 4.69) is 49.5 Å². The monoisotopic (exact) mass is 389 g/mol.